The zero-order valence-corrected chi connectivity index (χ0v) is 12.2. The summed E-state index contributed by atoms with van der Waals surface area (Å²) in [5, 5.41) is 0. The van der Waals surface area contributed by atoms with Crippen LogP contribution in [0.1, 0.15) is 47.5 Å². The second-order valence-corrected chi connectivity index (χ2v) is 6.04. The molecule has 1 rings (SSSR count). The number of nitrogens with zero attached hydrogens (tertiary/aromatic N) is 1. The normalized spacial score (nSPS) is 16.1. The quantitative estimate of drug-likeness (QED) is 0.696. The molecule has 1 amide bonds. The molecule has 1 aliphatic rings. The van der Waals surface area contributed by atoms with Crippen molar-refractivity contribution in [2.24, 2.45) is 0 Å². The Morgan fingerprint density at radius 1 is 1.44 bits per heavy atom. The monoisotopic (exact) mass is 251 g/mol. The van der Waals surface area contributed by atoms with Gasteiger partial charge >= 0.3 is 6.09 Å². The Kier molecular flexibility index (Phi) is 5.00. The van der Waals surface area contributed by atoms with E-state index in [1.807, 2.05) is 20.8 Å². The molecule has 0 aromatic heterocycles. The van der Waals surface area contributed by atoms with E-state index in [-0.39, 0.29) is 6.09 Å². The first-order chi connectivity index (χ1) is 8.28. The molecule has 1 aliphatic heterocycles. The molecule has 3 nitrogen and oxygen atoms in total. The lowest BCUT2D eigenvalue weighted by Gasteiger charge is -2.30. The summed E-state index contributed by atoms with van der Waals surface area (Å²) in [5.41, 5.74) is 2.19. The number of ether oxygens (including phenoxy) is 1. The van der Waals surface area contributed by atoms with E-state index in [1.165, 1.54) is 11.1 Å². The van der Waals surface area contributed by atoms with Crippen LogP contribution in [0.4, 0.5) is 4.79 Å². The third-order valence-electron chi connectivity index (χ3n) is 2.65. The molecule has 0 saturated carbocycles. The van der Waals surface area contributed by atoms with E-state index in [9.17, 15) is 4.79 Å². The van der Waals surface area contributed by atoms with Crippen molar-refractivity contribution in [3.63, 3.8) is 0 Å². The minimum absolute atomic E-state index is 0.203. The molecular weight excluding hydrogens is 226 g/mol. The van der Waals surface area contributed by atoms with E-state index in [0.717, 1.165) is 19.4 Å². The van der Waals surface area contributed by atoms with Gasteiger partial charge in [0.2, 0.25) is 0 Å². The third kappa shape index (κ3) is 5.39. The van der Waals surface area contributed by atoms with Crippen molar-refractivity contribution in [2.75, 3.05) is 13.1 Å². The maximum Gasteiger partial charge on any atom is 0.410 e. The van der Waals surface area contributed by atoms with E-state index in [1.54, 1.807) is 4.90 Å². The molecule has 0 aromatic rings. The van der Waals surface area contributed by atoms with Crippen LogP contribution in [0, 0.1) is 0 Å². The van der Waals surface area contributed by atoms with Crippen LogP contribution in [-0.4, -0.2) is 29.7 Å². The number of hydrogen-bond donors (Lipinski definition) is 0. The predicted molar refractivity (Wildman–Crippen MR) is 74.6 cm³/mol. The average molecular weight is 251 g/mol. The molecule has 102 valence electrons. The third-order valence-corrected chi connectivity index (χ3v) is 2.65. The van der Waals surface area contributed by atoms with Gasteiger partial charge in [0.05, 0.1) is 0 Å². The van der Waals surface area contributed by atoms with Gasteiger partial charge in [0.15, 0.2) is 0 Å². The summed E-state index contributed by atoms with van der Waals surface area (Å²) in [5.74, 6) is 0. The van der Waals surface area contributed by atoms with Crippen molar-refractivity contribution in [1.29, 1.82) is 0 Å². The Balaban J connectivity index is 2.54. The molecule has 18 heavy (non-hydrogen) atoms. The SMILES string of the molecule is CC(C)=CCC1=CCCN(C(=O)OC(C)(C)C)C1. The molecule has 0 aliphatic carbocycles. The van der Waals surface area contributed by atoms with Crippen LogP contribution in [0.2, 0.25) is 0 Å². The first-order valence-electron chi connectivity index (χ1n) is 6.57. The summed E-state index contributed by atoms with van der Waals surface area (Å²) >= 11 is 0. The van der Waals surface area contributed by atoms with Crippen LogP contribution >= 0.6 is 0 Å². The van der Waals surface area contributed by atoms with Gasteiger partial charge < -0.3 is 9.64 Å². The second kappa shape index (κ2) is 6.07. The lowest BCUT2D eigenvalue weighted by molar-refractivity contribution is 0.0261. The lowest BCUT2D eigenvalue weighted by Crippen LogP contribution is -2.39. The van der Waals surface area contributed by atoms with Crippen molar-refractivity contribution >= 4 is 6.09 Å². The molecule has 0 N–H and O–H groups in total. The van der Waals surface area contributed by atoms with Gasteiger partial charge in [0.1, 0.15) is 5.60 Å². The number of hydrogen-bond acceptors (Lipinski definition) is 2. The highest BCUT2D eigenvalue weighted by atomic mass is 16.6. The fourth-order valence-corrected chi connectivity index (χ4v) is 1.78. The summed E-state index contributed by atoms with van der Waals surface area (Å²) in [7, 11) is 0. The number of carbonyl (C=O) groups excluding carboxylic acids is 1. The first kappa shape index (κ1) is 14.8. The van der Waals surface area contributed by atoms with Gasteiger partial charge in [-0.3, -0.25) is 0 Å². The molecule has 0 radical (unpaired) electrons. The highest BCUT2D eigenvalue weighted by Crippen LogP contribution is 2.17. The van der Waals surface area contributed by atoms with Gasteiger partial charge in [0, 0.05) is 13.1 Å². The molecule has 0 atom stereocenters. The van der Waals surface area contributed by atoms with E-state index in [2.05, 4.69) is 26.0 Å². The van der Waals surface area contributed by atoms with E-state index in [0.29, 0.717) is 6.54 Å². The highest BCUT2D eigenvalue weighted by Gasteiger charge is 2.23. The lowest BCUT2D eigenvalue weighted by atomic mass is 10.1. The Bertz CT molecular complexity index is 357. The van der Waals surface area contributed by atoms with Crippen molar-refractivity contribution in [1.82, 2.24) is 4.90 Å². The molecule has 0 bridgehead atoms. The molecular formula is C15H25NO2. The molecule has 0 spiro atoms. The van der Waals surface area contributed by atoms with Crippen LogP contribution in [0.25, 0.3) is 0 Å². The molecule has 3 heteroatoms. The smallest absolute Gasteiger partial charge is 0.410 e. The number of allylic oxidation sites excluding steroid dienone is 2. The second-order valence-electron chi connectivity index (χ2n) is 6.04. The summed E-state index contributed by atoms with van der Waals surface area (Å²) in [4.78, 5) is 13.7. The summed E-state index contributed by atoms with van der Waals surface area (Å²) in [6.07, 6.45) is 6.09. The number of rotatable bonds is 2. The van der Waals surface area contributed by atoms with Crippen LogP contribution in [0.5, 0.6) is 0 Å². The summed E-state index contributed by atoms with van der Waals surface area (Å²) in [6.45, 7) is 11.3. The Morgan fingerprint density at radius 3 is 2.67 bits per heavy atom. The minimum Gasteiger partial charge on any atom is -0.444 e. The maximum atomic E-state index is 12.0. The number of amides is 1. The van der Waals surface area contributed by atoms with Gasteiger partial charge in [-0.1, -0.05) is 23.3 Å². The van der Waals surface area contributed by atoms with E-state index >= 15 is 0 Å². The van der Waals surface area contributed by atoms with Crippen molar-refractivity contribution in [3.8, 4) is 0 Å². The number of carbonyl (C=O) groups is 1. The van der Waals surface area contributed by atoms with Gasteiger partial charge in [-0.25, -0.2) is 4.79 Å². The molecule has 0 unspecified atom stereocenters. The Morgan fingerprint density at radius 2 is 2.11 bits per heavy atom. The summed E-state index contributed by atoms with van der Waals surface area (Å²) < 4.78 is 5.40. The van der Waals surface area contributed by atoms with Gasteiger partial charge in [0.25, 0.3) is 0 Å². The summed E-state index contributed by atoms with van der Waals surface area (Å²) in [6, 6.07) is 0. The van der Waals surface area contributed by atoms with Crippen LogP contribution in [0.3, 0.4) is 0 Å². The largest absolute Gasteiger partial charge is 0.444 e. The maximum absolute atomic E-state index is 12.0. The van der Waals surface area contributed by atoms with Crippen LogP contribution < -0.4 is 0 Å². The van der Waals surface area contributed by atoms with Crippen LogP contribution in [0.15, 0.2) is 23.3 Å². The highest BCUT2D eigenvalue weighted by molar-refractivity contribution is 5.68. The van der Waals surface area contributed by atoms with Crippen LogP contribution in [-0.2, 0) is 4.74 Å². The first-order valence-corrected chi connectivity index (χ1v) is 6.57. The van der Waals surface area contributed by atoms with E-state index < -0.39 is 5.60 Å². The van der Waals surface area contributed by atoms with Gasteiger partial charge in [-0.2, -0.15) is 0 Å². The molecule has 0 fully saturated rings. The molecule has 0 aromatic carbocycles. The Labute approximate surface area is 110 Å². The Hall–Kier alpha value is -1.25. The van der Waals surface area contributed by atoms with Gasteiger partial charge in [-0.05, 0) is 47.5 Å². The van der Waals surface area contributed by atoms with Crippen molar-refractivity contribution in [2.45, 2.75) is 53.1 Å². The standard InChI is InChI=1S/C15H25NO2/c1-12(2)8-9-13-7-6-10-16(11-13)14(17)18-15(3,4)5/h7-8H,6,9-11H2,1-5H3. The molecule has 0 saturated heterocycles. The van der Waals surface area contributed by atoms with Crippen molar-refractivity contribution in [3.05, 3.63) is 23.3 Å². The zero-order chi connectivity index (χ0) is 13.8. The average Bonchev–Trinajstić information content (AvgIpc) is 2.24. The van der Waals surface area contributed by atoms with E-state index in [4.69, 9.17) is 4.74 Å². The topological polar surface area (TPSA) is 29.5 Å². The fourth-order valence-electron chi connectivity index (χ4n) is 1.78. The molecule has 1 heterocycles. The minimum atomic E-state index is -0.418. The van der Waals surface area contributed by atoms with Crippen molar-refractivity contribution < 1.29 is 9.53 Å². The fraction of sp³-hybridized carbons (Fsp3) is 0.667. The predicted octanol–water partition coefficient (Wildman–Crippen LogP) is 3.91. The van der Waals surface area contributed by atoms with Gasteiger partial charge in [-0.15, -0.1) is 0 Å². The zero-order valence-electron chi connectivity index (χ0n) is 12.2.